The summed E-state index contributed by atoms with van der Waals surface area (Å²) in [4.78, 5) is 24.0. The molecule has 1 heterocycles. The highest BCUT2D eigenvalue weighted by molar-refractivity contribution is 7.89. The zero-order valence-corrected chi connectivity index (χ0v) is 14.8. The van der Waals surface area contributed by atoms with Gasteiger partial charge in [-0.15, -0.1) is 0 Å². The normalized spacial score (nSPS) is 21.3. The van der Waals surface area contributed by atoms with Crippen LogP contribution in [-0.2, 0) is 29.9 Å². The summed E-state index contributed by atoms with van der Waals surface area (Å²) in [5.41, 5.74) is 0.660. The summed E-state index contributed by atoms with van der Waals surface area (Å²) in [6.07, 6.45) is 3.24. The lowest BCUT2D eigenvalue weighted by molar-refractivity contribution is -0.149. The van der Waals surface area contributed by atoms with E-state index in [1.807, 2.05) is 30.3 Å². The number of benzene rings is 1. The molecule has 8 heteroatoms. The minimum Gasteiger partial charge on any atom is -0.455 e. The molecule has 25 heavy (non-hydrogen) atoms. The summed E-state index contributed by atoms with van der Waals surface area (Å²) >= 11 is 0. The molecule has 2 fully saturated rings. The van der Waals surface area contributed by atoms with Gasteiger partial charge in [0.25, 0.3) is 5.91 Å². The quantitative estimate of drug-likeness (QED) is 0.751. The fourth-order valence-corrected chi connectivity index (χ4v) is 4.74. The molecule has 3 rings (SSSR count). The van der Waals surface area contributed by atoms with Gasteiger partial charge in [0.05, 0.1) is 11.3 Å². The third kappa shape index (κ3) is 4.01. The summed E-state index contributed by atoms with van der Waals surface area (Å²) in [5, 5.41) is 2.96. The van der Waals surface area contributed by atoms with Gasteiger partial charge in [-0.3, -0.25) is 9.59 Å². The Bertz CT molecular complexity index is 744. The average Bonchev–Trinajstić information content (AvgIpc) is 2.88. The maximum Gasteiger partial charge on any atom is 0.321 e. The van der Waals surface area contributed by atoms with Crippen LogP contribution >= 0.6 is 0 Å². The fourth-order valence-electron chi connectivity index (χ4n) is 3.28. The first-order chi connectivity index (χ1) is 11.9. The van der Waals surface area contributed by atoms with Crippen LogP contribution in [0.3, 0.4) is 0 Å². The van der Waals surface area contributed by atoms with E-state index in [1.165, 1.54) is 0 Å². The molecule has 1 amide bonds. The Morgan fingerprint density at radius 2 is 1.88 bits per heavy atom. The first kappa shape index (κ1) is 17.9. The van der Waals surface area contributed by atoms with Crippen LogP contribution in [0.1, 0.15) is 31.2 Å². The SMILES string of the molecule is O=C(COC(=O)CN1CCCS1(=O)=O)NC1(c2ccccc2)CCC1. The molecule has 1 aliphatic carbocycles. The van der Waals surface area contributed by atoms with Gasteiger partial charge in [-0.05, 0) is 31.2 Å². The molecule has 1 saturated carbocycles. The Hall–Kier alpha value is -1.93. The topological polar surface area (TPSA) is 92.8 Å². The standard InChI is InChI=1S/C17H22N2O5S/c20-15(13-24-16(21)12-19-10-5-11-25(19,22)23)18-17(8-4-9-17)14-6-2-1-3-7-14/h1-3,6-7H,4-5,8-13H2,(H,18,20). The van der Waals surface area contributed by atoms with E-state index in [1.54, 1.807) is 0 Å². The monoisotopic (exact) mass is 366 g/mol. The minimum absolute atomic E-state index is 0.0559. The summed E-state index contributed by atoms with van der Waals surface area (Å²) in [5.74, 6) is -1.02. The van der Waals surface area contributed by atoms with E-state index in [0.29, 0.717) is 13.0 Å². The molecule has 1 aromatic carbocycles. The number of amides is 1. The Morgan fingerprint density at radius 3 is 2.44 bits per heavy atom. The van der Waals surface area contributed by atoms with Crippen LogP contribution in [0, 0.1) is 0 Å². The van der Waals surface area contributed by atoms with Crippen LogP contribution in [0.4, 0.5) is 0 Å². The predicted octanol–water partition coefficient (Wildman–Crippen LogP) is 0.761. The van der Waals surface area contributed by atoms with E-state index < -0.39 is 22.6 Å². The smallest absolute Gasteiger partial charge is 0.321 e. The van der Waals surface area contributed by atoms with Crippen molar-refractivity contribution in [3.8, 4) is 0 Å². The number of sulfonamides is 1. The first-order valence-corrected chi connectivity index (χ1v) is 10.0. The lowest BCUT2D eigenvalue weighted by atomic mass is 9.72. The Labute approximate surface area is 147 Å². The van der Waals surface area contributed by atoms with Gasteiger partial charge in [0.2, 0.25) is 10.0 Å². The van der Waals surface area contributed by atoms with E-state index in [9.17, 15) is 18.0 Å². The van der Waals surface area contributed by atoms with Crippen molar-refractivity contribution in [3.05, 3.63) is 35.9 Å². The van der Waals surface area contributed by atoms with E-state index >= 15 is 0 Å². The third-order valence-corrected chi connectivity index (χ3v) is 6.69. The summed E-state index contributed by atoms with van der Waals surface area (Å²) in [6, 6.07) is 9.73. The van der Waals surface area contributed by atoms with Crippen molar-refractivity contribution in [3.63, 3.8) is 0 Å². The van der Waals surface area contributed by atoms with E-state index in [0.717, 1.165) is 29.1 Å². The van der Waals surface area contributed by atoms with Gasteiger partial charge in [-0.25, -0.2) is 8.42 Å². The molecule has 1 aliphatic heterocycles. The summed E-state index contributed by atoms with van der Waals surface area (Å²) in [6.45, 7) is -0.415. The van der Waals surface area contributed by atoms with Crippen LogP contribution in [0.15, 0.2) is 30.3 Å². The summed E-state index contributed by atoms with van der Waals surface area (Å²) < 4.78 is 29.4. The first-order valence-electron chi connectivity index (χ1n) is 8.41. The highest BCUT2D eigenvalue weighted by Crippen LogP contribution is 2.41. The van der Waals surface area contributed by atoms with Crippen molar-refractivity contribution in [2.75, 3.05) is 25.4 Å². The lowest BCUT2D eigenvalue weighted by Crippen LogP contribution is -2.52. The Kier molecular flexibility index (Phi) is 5.10. The van der Waals surface area contributed by atoms with Crippen molar-refractivity contribution in [2.24, 2.45) is 0 Å². The highest BCUT2D eigenvalue weighted by atomic mass is 32.2. The summed E-state index contributed by atoms with van der Waals surface area (Å²) in [7, 11) is -3.35. The number of hydrogen-bond donors (Lipinski definition) is 1. The van der Waals surface area contributed by atoms with Gasteiger partial charge in [0.15, 0.2) is 6.61 Å². The molecule has 0 atom stereocenters. The maximum atomic E-state index is 12.2. The second-order valence-corrected chi connectivity index (χ2v) is 8.60. The minimum atomic E-state index is -3.35. The van der Waals surface area contributed by atoms with Gasteiger partial charge in [0.1, 0.15) is 6.54 Å². The van der Waals surface area contributed by atoms with Crippen LogP contribution in [0.5, 0.6) is 0 Å². The molecule has 136 valence electrons. The number of carbonyl (C=O) groups is 2. The van der Waals surface area contributed by atoms with E-state index in [2.05, 4.69) is 5.32 Å². The highest BCUT2D eigenvalue weighted by Gasteiger charge is 2.40. The number of esters is 1. The maximum absolute atomic E-state index is 12.2. The molecule has 7 nitrogen and oxygen atoms in total. The number of nitrogens with one attached hydrogen (secondary N) is 1. The molecule has 0 spiro atoms. The third-order valence-electron chi connectivity index (χ3n) is 4.79. The Morgan fingerprint density at radius 1 is 1.16 bits per heavy atom. The Balaban J connectivity index is 1.50. The van der Waals surface area contributed by atoms with Crippen LogP contribution in [-0.4, -0.2) is 50.0 Å². The zero-order chi connectivity index (χ0) is 17.9. The largest absolute Gasteiger partial charge is 0.455 e. The molecule has 0 radical (unpaired) electrons. The van der Waals surface area contributed by atoms with Gasteiger partial charge in [-0.2, -0.15) is 4.31 Å². The second-order valence-electron chi connectivity index (χ2n) is 6.51. The van der Waals surface area contributed by atoms with Crippen molar-refractivity contribution in [1.29, 1.82) is 0 Å². The number of rotatable bonds is 6. The molecular formula is C17H22N2O5S. The van der Waals surface area contributed by atoms with Gasteiger partial charge >= 0.3 is 5.97 Å². The second kappa shape index (κ2) is 7.13. The molecule has 1 N–H and O–H groups in total. The van der Waals surface area contributed by atoms with Crippen molar-refractivity contribution >= 4 is 21.9 Å². The molecule has 1 aromatic rings. The molecule has 0 unspecified atom stereocenters. The number of ether oxygens (including phenoxy) is 1. The lowest BCUT2D eigenvalue weighted by Gasteiger charge is -2.43. The molecular weight excluding hydrogens is 344 g/mol. The van der Waals surface area contributed by atoms with Crippen LogP contribution in [0.2, 0.25) is 0 Å². The van der Waals surface area contributed by atoms with Gasteiger partial charge < -0.3 is 10.1 Å². The van der Waals surface area contributed by atoms with Crippen LogP contribution in [0.25, 0.3) is 0 Å². The van der Waals surface area contributed by atoms with Crippen LogP contribution < -0.4 is 5.32 Å². The molecule has 2 aliphatic rings. The van der Waals surface area contributed by atoms with E-state index in [-0.39, 0.29) is 23.7 Å². The average molecular weight is 366 g/mol. The number of hydrogen-bond acceptors (Lipinski definition) is 5. The van der Waals surface area contributed by atoms with Gasteiger partial charge in [0, 0.05) is 6.54 Å². The number of nitrogens with zero attached hydrogens (tertiary/aromatic N) is 1. The van der Waals surface area contributed by atoms with E-state index in [4.69, 9.17) is 4.74 Å². The molecule has 1 saturated heterocycles. The van der Waals surface area contributed by atoms with Crippen molar-refractivity contribution < 1.29 is 22.7 Å². The van der Waals surface area contributed by atoms with Gasteiger partial charge in [-0.1, -0.05) is 30.3 Å². The van der Waals surface area contributed by atoms with Crippen molar-refractivity contribution in [2.45, 2.75) is 31.2 Å². The molecule has 0 aromatic heterocycles. The predicted molar refractivity (Wildman–Crippen MR) is 91.0 cm³/mol. The fraction of sp³-hybridized carbons (Fsp3) is 0.529. The number of carbonyl (C=O) groups excluding carboxylic acids is 2. The molecule has 0 bridgehead atoms. The van der Waals surface area contributed by atoms with Crippen molar-refractivity contribution in [1.82, 2.24) is 9.62 Å². The zero-order valence-electron chi connectivity index (χ0n) is 13.9.